The van der Waals surface area contributed by atoms with Gasteiger partial charge in [0.25, 0.3) is 0 Å². The van der Waals surface area contributed by atoms with Gasteiger partial charge in [0.1, 0.15) is 0 Å². The van der Waals surface area contributed by atoms with Gasteiger partial charge < -0.3 is 4.90 Å². The molecule has 0 radical (unpaired) electrons. The average Bonchev–Trinajstić information content (AvgIpc) is 3.62. The Hall–Kier alpha value is -1.44. The monoisotopic (exact) mass is 461 g/mol. The van der Waals surface area contributed by atoms with Gasteiger partial charge in [-0.1, -0.05) is 18.2 Å². The zero-order valence-electron chi connectivity index (χ0n) is 19.9. The topological polar surface area (TPSA) is 60.9 Å². The van der Waals surface area contributed by atoms with E-state index in [1.165, 1.54) is 0 Å². The number of aryl methyl sites for hydroxylation is 1. The van der Waals surface area contributed by atoms with Crippen LogP contribution in [0.15, 0.2) is 29.2 Å². The van der Waals surface area contributed by atoms with Crippen LogP contribution in [0, 0.1) is 18.8 Å². The maximum Gasteiger partial charge on any atom is 0.243 e. The summed E-state index contributed by atoms with van der Waals surface area (Å²) in [6.07, 6.45) is 5.38. The van der Waals surface area contributed by atoms with Gasteiger partial charge >= 0.3 is 0 Å². The molecule has 3 fully saturated rings. The molecule has 3 aliphatic rings. The van der Waals surface area contributed by atoms with Gasteiger partial charge in [-0.2, -0.15) is 4.31 Å². The van der Waals surface area contributed by atoms with Gasteiger partial charge in [-0.15, -0.1) is 0 Å². The first-order valence-corrected chi connectivity index (χ1v) is 13.8. The van der Waals surface area contributed by atoms with E-state index in [2.05, 4.69) is 18.7 Å². The normalized spacial score (nSPS) is 25.5. The molecule has 6 nitrogen and oxygen atoms in total. The van der Waals surface area contributed by atoms with Crippen molar-refractivity contribution in [1.82, 2.24) is 14.1 Å². The maximum absolute atomic E-state index is 13.6. The quantitative estimate of drug-likeness (QED) is 0.624. The Bertz CT molecular complexity index is 897. The molecule has 1 aromatic carbocycles. The number of amides is 1. The summed E-state index contributed by atoms with van der Waals surface area (Å²) in [7, 11) is -3.53. The summed E-state index contributed by atoms with van der Waals surface area (Å²) < 4.78 is 29.0. The summed E-state index contributed by atoms with van der Waals surface area (Å²) >= 11 is 0. The summed E-state index contributed by atoms with van der Waals surface area (Å²) in [4.78, 5) is 18.0. The fourth-order valence-electron chi connectivity index (χ4n) is 5.30. The molecule has 178 valence electrons. The Morgan fingerprint density at radius 2 is 1.62 bits per heavy atom. The van der Waals surface area contributed by atoms with E-state index in [1.807, 2.05) is 30.0 Å². The number of carbonyl (C=O) groups is 1. The highest BCUT2D eigenvalue weighted by Crippen LogP contribution is 2.37. The third-order valence-corrected chi connectivity index (χ3v) is 9.70. The molecular formula is C25H39N3O3S. The number of hydrogen-bond acceptors (Lipinski definition) is 4. The fraction of sp³-hybridized carbons (Fsp3) is 0.720. The fourth-order valence-corrected chi connectivity index (χ4v) is 7.29. The zero-order chi connectivity index (χ0) is 22.9. The molecule has 0 atom stereocenters. The lowest BCUT2D eigenvalue weighted by atomic mass is 9.85. The molecule has 1 aromatic rings. The minimum absolute atomic E-state index is 0.00189. The molecular weight excluding hydrogens is 422 g/mol. The molecule has 0 aromatic heterocycles. The van der Waals surface area contributed by atoms with Crippen molar-refractivity contribution in [3.8, 4) is 0 Å². The van der Waals surface area contributed by atoms with Gasteiger partial charge in [0, 0.05) is 50.7 Å². The van der Waals surface area contributed by atoms with Crippen LogP contribution >= 0.6 is 0 Å². The number of benzene rings is 1. The predicted molar refractivity (Wildman–Crippen MR) is 127 cm³/mol. The lowest BCUT2D eigenvalue weighted by Gasteiger charge is -2.40. The molecule has 32 heavy (non-hydrogen) atoms. The molecule has 4 rings (SSSR count). The Balaban J connectivity index is 1.40. The molecule has 0 N–H and O–H groups in total. The van der Waals surface area contributed by atoms with Crippen molar-refractivity contribution >= 4 is 15.9 Å². The lowest BCUT2D eigenvalue weighted by Crippen LogP contribution is -2.52. The highest BCUT2D eigenvalue weighted by Gasteiger charge is 2.40. The van der Waals surface area contributed by atoms with E-state index in [0.29, 0.717) is 23.4 Å². The summed E-state index contributed by atoms with van der Waals surface area (Å²) in [5, 5.41) is 0. The first-order chi connectivity index (χ1) is 15.3. The second-order valence-corrected chi connectivity index (χ2v) is 12.1. The first-order valence-electron chi connectivity index (χ1n) is 12.4. The number of carbonyl (C=O) groups excluding carboxylic acids is 1. The second-order valence-electron chi connectivity index (χ2n) is 10.2. The van der Waals surface area contributed by atoms with Crippen LogP contribution in [-0.2, 0) is 14.8 Å². The van der Waals surface area contributed by atoms with E-state index in [1.54, 1.807) is 10.4 Å². The predicted octanol–water partition coefficient (Wildman–Crippen LogP) is 3.51. The highest BCUT2D eigenvalue weighted by atomic mass is 32.2. The van der Waals surface area contributed by atoms with Crippen LogP contribution in [-0.4, -0.2) is 73.2 Å². The van der Waals surface area contributed by atoms with Gasteiger partial charge in [0.2, 0.25) is 15.9 Å². The lowest BCUT2D eigenvalue weighted by molar-refractivity contribution is -0.138. The SMILES string of the molecule is Cc1ccccc1S(=O)(=O)N(CC1CC1)C1CCC(C(=O)N2CCN(C(C)C)CC2)CC1. The summed E-state index contributed by atoms with van der Waals surface area (Å²) in [6.45, 7) is 10.4. The van der Waals surface area contributed by atoms with Crippen molar-refractivity contribution in [3.05, 3.63) is 29.8 Å². The van der Waals surface area contributed by atoms with E-state index in [-0.39, 0.29) is 17.9 Å². The zero-order valence-corrected chi connectivity index (χ0v) is 20.7. The minimum atomic E-state index is -3.53. The number of sulfonamides is 1. The third-order valence-electron chi connectivity index (χ3n) is 7.62. The first kappa shape index (κ1) is 23.7. The molecule has 1 amide bonds. The van der Waals surface area contributed by atoms with Crippen molar-refractivity contribution in [1.29, 1.82) is 0 Å². The summed E-state index contributed by atoms with van der Waals surface area (Å²) in [5.41, 5.74) is 0.803. The van der Waals surface area contributed by atoms with Gasteiger partial charge in [-0.05, 0) is 76.8 Å². The van der Waals surface area contributed by atoms with E-state index >= 15 is 0 Å². The van der Waals surface area contributed by atoms with Crippen molar-refractivity contribution in [2.45, 2.75) is 76.3 Å². The summed E-state index contributed by atoms with van der Waals surface area (Å²) in [6, 6.07) is 7.83. The average molecular weight is 462 g/mol. The molecule has 0 spiro atoms. The van der Waals surface area contributed by atoms with Crippen LogP contribution in [0.4, 0.5) is 0 Å². The maximum atomic E-state index is 13.6. The van der Waals surface area contributed by atoms with E-state index < -0.39 is 10.0 Å². The van der Waals surface area contributed by atoms with E-state index in [4.69, 9.17) is 0 Å². The van der Waals surface area contributed by atoms with Crippen molar-refractivity contribution in [2.75, 3.05) is 32.7 Å². The molecule has 0 bridgehead atoms. The number of rotatable bonds is 7. The third kappa shape index (κ3) is 5.20. The highest BCUT2D eigenvalue weighted by molar-refractivity contribution is 7.89. The molecule has 1 saturated heterocycles. The second kappa shape index (κ2) is 9.82. The smallest absolute Gasteiger partial charge is 0.243 e. The van der Waals surface area contributed by atoms with Crippen molar-refractivity contribution < 1.29 is 13.2 Å². The standard InChI is InChI=1S/C25H39N3O3S/c1-19(2)26-14-16-27(17-15-26)25(29)22-10-12-23(13-11-22)28(18-21-8-9-21)32(30,31)24-7-5-4-6-20(24)3/h4-7,19,21-23H,8-18H2,1-3H3. The van der Waals surface area contributed by atoms with Crippen LogP contribution < -0.4 is 0 Å². The van der Waals surface area contributed by atoms with E-state index in [9.17, 15) is 13.2 Å². The van der Waals surface area contributed by atoms with Crippen LogP contribution in [0.25, 0.3) is 0 Å². The number of piperazine rings is 1. The Morgan fingerprint density at radius 3 is 2.19 bits per heavy atom. The Kier molecular flexibility index (Phi) is 7.27. The molecule has 2 saturated carbocycles. The van der Waals surface area contributed by atoms with Gasteiger partial charge in [-0.25, -0.2) is 8.42 Å². The van der Waals surface area contributed by atoms with Crippen LogP contribution in [0.1, 0.15) is 57.9 Å². The largest absolute Gasteiger partial charge is 0.340 e. The van der Waals surface area contributed by atoms with Gasteiger partial charge in [0.05, 0.1) is 4.90 Å². The van der Waals surface area contributed by atoms with Crippen LogP contribution in [0.5, 0.6) is 0 Å². The van der Waals surface area contributed by atoms with Gasteiger partial charge in [-0.3, -0.25) is 9.69 Å². The number of hydrogen-bond donors (Lipinski definition) is 0. The summed E-state index contributed by atoms with van der Waals surface area (Å²) in [5.74, 6) is 0.813. The molecule has 1 aliphatic heterocycles. The van der Waals surface area contributed by atoms with Crippen LogP contribution in [0.2, 0.25) is 0 Å². The molecule has 2 aliphatic carbocycles. The minimum Gasteiger partial charge on any atom is -0.340 e. The Labute approximate surface area is 194 Å². The van der Waals surface area contributed by atoms with E-state index in [0.717, 1.165) is 70.3 Å². The molecule has 0 unspecified atom stereocenters. The van der Waals surface area contributed by atoms with Crippen molar-refractivity contribution in [3.63, 3.8) is 0 Å². The molecule has 1 heterocycles. The Morgan fingerprint density at radius 1 is 1.00 bits per heavy atom. The van der Waals surface area contributed by atoms with Gasteiger partial charge in [0.15, 0.2) is 0 Å². The molecule has 7 heteroatoms. The van der Waals surface area contributed by atoms with Crippen LogP contribution in [0.3, 0.4) is 0 Å². The number of nitrogens with zero attached hydrogens (tertiary/aromatic N) is 3. The van der Waals surface area contributed by atoms with Crippen molar-refractivity contribution in [2.24, 2.45) is 11.8 Å².